The van der Waals surface area contributed by atoms with E-state index in [0.717, 1.165) is 28.8 Å². The molecule has 2 aromatic heterocycles. The van der Waals surface area contributed by atoms with Crippen molar-refractivity contribution >= 4 is 11.0 Å². The van der Waals surface area contributed by atoms with Crippen molar-refractivity contribution in [3.8, 4) is 5.69 Å². The fourth-order valence-electron chi connectivity index (χ4n) is 2.43. The molecule has 0 saturated heterocycles. The summed E-state index contributed by atoms with van der Waals surface area (Å²) in [7, 11) is 0. The van der Waals surface area contributed by atoms with E-state index in [9.17, 15) is 0 Å². The summed E-state index contributed by atoms with van der Waals surface area (Å²) in [6.45, 7) is 6.26. The van der Waals surface area contributed by atoms with E-state index in [1.54, 1.807) is 0 Å². The van der Waals surface area contributed by atoms with Crippen molar-refractivity contribution in [2.45, 2.75) is 27.2 Å². The molecule has 0 radical (unpaired) electrons. The lowest BCUT2D eigenvalue weighted by atomic mass is 10.1. The van der Waals surface area contributed by atoms with Gasteiger partial charge in [0.2, 0.25) is 0 Å². The molecule has 0 spiro atoms. The zero-order chi connectivity index (χ0) is 13.4. The molecule has 0 N–H and O–H groups in total. The Morgan fingerprint density at radius 2 is 1.95 bits per heavy atom. The molecule has 3 aromatic rings. The van der Waals surface area contributed by atoms with Gasteiger partial charge in [0, 0.05) is 11.6 Å². The van der Waals surface area contributed by atoms with Crippen LogP contribution < -0.4 is 0 Å². The zero-order valence-electron chi connectivity index (χ0n) is 11.5. The first-order chi connectivity index (χ1) is 9.20. The Hall–Kier alpha value is -2.16. The van der Waals surface area contributed by atoms with Crippen LogP contribution >= 0.6 is 0 Å². The maximum atomic E-state index is 4.66. The summed E-state index contributed by atoms with van der Waals surface area (Å²) in [6.07, 6.45) is 2.89. The lowest BCUT2D eigenvalue weighted by molar-refractivity contribution is 0.861. The normalized spacial score (nSPS) is 11.1. The molecular formula is C16H17N3. The second-order valence-corrected chi connectivity index (χ2v) is 4.86. The molecule has 3 rings (SSSR count). The number of pyridine rings is 1. The number of fused-ring (bicyclic) bond motifs is 1. The van der Waals surface area contributed by atoms with Crippen LogP contribution in [-0.2, 0) is 6.42 Å². The Morgan fingerprint density at radius 3 is 2.74 bits per heavy atom. The molecule has 0 unspecified atom stereocenters. The SMILES string of the molecule is CCc1ccccc1-n1nc(C)c2cc(C)cnc21. The summed E-state index contributed by atoms with van der Waals surface area (Å²) in [5.41, 5.74) is 5.54. The Bertz CT molecular complexity index is 741. The first-order valence-electron chi connectivity index (χ1n) is 6.61. The van der Waals surface area contributed by atoms with Crippen LogP contribution in [0.15, 0.2) is 36.5 Å². The van der Waals surface area contributed by atoms with Crippen LogP contribution in [0.5, 0.6) is 0 Å². The van der Waals surface area contributed by atoms with Gasteiger partial charge in [-0.05, 0) is 43.5 Å². The van der Waals surface area contributed by atoms with E-state index in [-0.39, 0.29) is 0 Å². The molecule has 2 heterocycles. The molecule has 0 fully saturated rings. The van der Waals surface area contributed by atoms with Crippen LogP contribution in [0.4, 0.5) is 0 Å². The van der Waals surface area contributed by atoms with E-state index in [1.807, 2.05) is 23.9 Å². The molecule has 1 aromatic carbocycles. The molecule has 0 saturated carbocycles. The van der Waals surface area contributed by atoms with Crippen molar-refractivity contribution in [2.75, 3.05) is 0 Å². The summed E-state index contributed by atoms with van der Waals surface area (Å²) in [4.78, 5) is 4.55. The van der Waals surface area contributed by atoms with Gasteiger partial charge >= 0.3 is 0 Å². The topological polar surface area (TPSA) is 30.7 Å². The Kier molecular flexibility index (Phi) is 2.82. The third-order valence-electron chi connectivity index (χ3n) is 3.44. The van der Waals surface area contributed by atoms with E-state index in [1.165, 1.54) is 11.1 Å². The average Bonchev–Trinajstić information content (AvgIpc) is 2.75. The molecule has 0 amide bonds. The van der Waals surface area contributed by atoms with Crippen LogP contribution in [0.1, 0.15) is 23.7 Å². The van der Waals surface area contributed by atoms with Crippen molar-refractivity contribution in [3.63, 3.8) is 0 Å². The Morgan fingerprint density at radius 1 is 1.16 bits per heavy atom. The minimum atomic E-state index is 0.934. The fourth-order valence-corrected chi connectivity index (χ4v) is 2.43. The van der Waals surface area contributed by atoms with Crippen LogP contribution in [0.2, 0.25) is 0 Å². The quantitative estimate of drug-likeness (QED) is 0.696. The maximum Gasteiger partial charge on any atom is 0.163 e. The van der Waals surface area contributed by atoms with Gasteiger partial charge in [0.15, 0.2) is 5.65 Å². The first kappa shape index (κ1) is 11.9. The van der Waals surface area contributed by atoms with Gasteiger partial charge in [0.1, 0.15) is 0 Å². The van der Waals surface area contributed by atoms with Crippen LogP contribution in [-0.4, -0.2) is 14.8 Å². The summed E-state index contributed by atoms with van der Waals surface area (Å²) >= 11 is 0. The predicted octanol–water partition coefficient (Wildman–Crippen LogP) is 3.60. The van der Waals surface area contributed by atoms with E-state index in [4.69, 9.17) is 0 Å². The minimum Gasteiger partial charge on any atom is -0.236 e. The van der Waals surface area contributed by atoms with E-state index >= 15 is 0 Å². The molecule has 0 aliphatic heterocycles. The zero-order valence-corrected chi connectivity index (χ0v) is 11.5. The second-order valence-electron chi connectivity index (χ2n) is 4.86. The number of hydrogen-bond acceptors (Lipinski definition) is 2. The lowest BCUT2D eigenvalue weighted by Gasteiger charge is -2.08. The molecular weight excluding hydrogens is 234 g/mol. The molecule has 0 bridgehead atoms. The number of aromatic nitrogens is 3. The lowest BCUT2D eigenvalue weighted by Crippen LogP contribution is -2.01. The highest BCUT2D eigenvalue weighted by Gasteiger charge is 2.12. The molecule has 3 heteroatoms. The van der Waals surface area contributed by atoms with Crippen LogP contribution in [0, 0.1) is 13.8 Å². The first-order valence-corrected chi connectivity index (χ1v) is 6.61. The third-order valence-corrected chi connectivity index (χ3v) is 3.44. The monoisotopic (exact) mass is 251 g/mol. The average molecular weight is 251 g/mol. The third kappa shape index (κ3) is 1.91. The fraction of sp³-hybridized carbons (Fsp3) is 0.250. The number of benzene rings is 1. The molecule has 0 aliphatic rings. The van der Waals surface area contributed by atoms with Gasteiger partial charge in [-0.2, -0.15) is 5.10 Å². The van der Waals surface area contributed by atoms with Crippen molar-refractivity contribution < 1.29 is 0 Å². The Balaban J connectivity index is 2.31. The standard InChI is InChI=1S/C16H17N3/c1-4-13-7-5-6-8-15(13)19-16-14(12(3)18-19)9-11(2)10-17-16/h5-10H,4H2,1-3H3. The van der Waals surface area contributed by atoms with Crippen LogP contribution in [0.3, 0.4) is 0 Å². The highest BCUT2D eigenvalue weighted by molar-refractivity contribution is 5.80. The number of aryl methyl sites for hydroxylation is 3. The highest BCUT2D eigenvalue weighted by Crippen LogP contribution is 2.23. The number of nitrogens with zero attached hydrogens (tertiary/aromatic N) is 3. The molecule has 3 nitrogen and oxygen atoms in total. The minimum absolute atomic E-state index is 0.934. The van der Waals surface area contributed by atoms with Gasteiger partial charge in [0.05, 0.1) is 11.4 Å². The summed E-state index contributed by atoms with van der Waals surface area (Å²) in [5, 5.41) is 5.79. The summed E-state index contributed by atoms with van der Waals surface area (Å²) in [5.74, 6) is 0. The van der Waals surface area contributed by atoms with Gasteiger partial charge in [0.25, 0.3) is 0 Å². The summed E-state index contributed by atoms with van der Waals surface area (Å²) in [6, 6.07) is 10.5. The highest BCUT2D eigenvalue weighted by atomic mass is 15.3. The number of rotatable bonds is 2. The molecule has 19 heavy (non-hydrogen) atoms. The number of hydrogen-bond donors (Lipinski definition) is 0. The Labute approximate surface area is 112 Å². The van der Waals surface area contributed by atoms with Crippen molar-refractivity contribution in [2.24, 2.45) is 0 Å². The largest absolute Gasteiger partial charge is 0.236 e. The smallest absolute Gasteiger partial charge is 0.163 e. The van der Waals surface area contributed by atoms with Gasteiger partial charge in [-0.15, -0.1) is 0 Å². The van der Waals surface area contributed by atoms with E-state index in [2.05, 4.69) is 48.2 Å². The predicted molar refractivity (Wildman–Crippen MR) is 77.7 cm³/mol. The maximum absolute atomic E-state index is 4.66. The van der Waals surface area contributed by atoms with Crippen molar-refractivity contribution in [1.29, 1.82) is 0 Å². The molecule has 0 aliphatic carbocycles. The van der Waals surface area contributed by atoms with Gasteiger partial charge in [-0.25, -0.2) is 9.67 Å². The van der Waals surface area contributed by atoms with Crippen molar-refractivity contribution in [1.82, 2.24) is 14.8 Å². The van der Waals surface area contributed by atoms with Gasteiger partial charge in [-0.3, -0.25) is 0 Å². The number of para-hydroxylation sites is 1. The van der Waals surface area contributed by atoms with Gasteiger partial charge in [-0.1, -0.05) is 25.1 Å². The molecule has 0 atom stereocenters. The van der Waals surface area contributed by atoms with E-state index in [0.29, 0.717) is 0 Å². The van der Waals surface area contributed by atoms with Gasteiger partial charge < -0.3 is 0 Å². The molecule has 96 valence electrons. The summed E-state index contributed by atoms with van der Waals surface area (Å²) < 4.78 is 1.96. The van der Waals surface area contributed by atoms with Crippen LogP contribution in [0.25, 0.3) is 16.7 Å². The van der Waals surface area contributed by atoms with E-state index < -0.39 is 0 Å². The van der Waals surface area contributed by atoms with Crippen molar-refractivity contribution in [3.05, 3.63) is 53.3 Å². The second kappa shape index (κ2) is 4.50.